The zero-order valence-corrected chi connectivity index (χ0v) is 10.9. The lowest BCUT2D eigenvalue weighted by Crippen LogP contribution is -2.32. The van der Waals surface area contributed by atoms with E-state index >= 15 is 0 Å². The minimum absolute atomic E-state index is 0.0230. The van der Waals surface area contributed by atoms with Crippen LogP contribution >= 0.6 is 0 Å². The molecule has 19 heavy (non-hydrogen) atoms. The Kier molecular flexibility index (Phi) is 4.04. The van der Waals surface area contributed by atoms with Crippen LogP contribution in [0.5, 0.6) is 5.75 Å². The van der Waals surface area contributed by atoms with Crippen molar-refractivity contribution in [3.05, 3.63) is 28.6 Å². The maximum Gasteiger partial charge on any atom is 0.320 e. The van der Waals surface area contributed by atoms with E-state index in [9.17, 15) is 9.18 Å². The van der Waals surface area contributed by atoms with Gasteiger partial charge in [0.2, 0.25) is 0 Å². The van der Waals surface area contributed by atoms with E-state index in [2.05, 4.69) is 0 Å². The highest BCUT2D eigenvalue weighted by molar-refractivity contribution is 5.73. The molecule has 1 aliphatic carbocycles. The molecule has 3 N–H and O–H groups in total. The van der Waals surface area contributed by atoms with Crippen molar-refractivity contribution in [3.8, 4) is 5.75 Å². The van der Waals surface area contributed by atoms with Crippen LogP contribution in [-0.2, 0) is 24.1 Å². The van der Waals surface area contributed by atoms with Gasteiger partial charge in [-0.25, -0.2) is 4.39 Å². The van der Waals surface area contributed by atoms with Crippen LogP contribution in [0.2, 0.25) is 0 Å². The van der Waals surface area contributed by atoms with Gasteiger partial charge in [-0.1, -0.05) is 0 Å². The number of carbonyl (C=O) groups is 1. The molecule has 4 nitrogen and oxygen atoms in total. The summed E-state index contributed by atoms with van der Waals surface area (Å²) in [4.78, 5) is 10.8. The Bertz CT molecular complexity index is 502. The van der Waals surface area contributed by atoms with Crippen molar-refractivity contribution in [2.75, 3.05) is 7.11 Å². The molecule has 0 spiro atoms. The Balaban J connectivity index is 2.42. The highest BCUT2D eigenvalue weighted by atomic mass is 19.1. The SMILES string of the molecule is COc1cc(CC(N)C(=O)O)c(F)c2c1CCCC2. The van der Waals surface area contributed by atoms with E-state index in [4.69, 9.17) is 15.6 Å². The third-order valence-electron chi connectivity index (χ3n) is 3.59. The van der Waals surface area contributed by atoms with E-state index in [1.54, 1.807) is 13.2 Å². The Morgan fingerprint density at radius 1 is 1.47 bits per heavy atom. The second-order valence-electron chi connectivity index (χ2n) is 4.87. The van der Waals surface area contributed by atoms with Crippen molar-refractivity contribution in [1.82, 2.24) is 0 Å². The number of halogens is 1. The number of nitrogens with two attached hydrogens (primary N) is 1. The van der Waals surface area contributed by atoms with Gasteiger partial charge in [-0.2, -0.15) is 0 Å². The fourth-order valence-electron chi connectivity index (χ4n) is 2.58. The number of fused-ring (bicyclic) bond motifs is 1. The first-order valence-electron chi connectivity index (χ1n) is 6.40. The Hall–Kier alpha value is -1.62. The fraction of sp³-hybridized carbons (Fsp3) is 0.500. The summed E-state index contributed by atoms with van der Waals surface area (Å²) in [5.74, 6) is -0.799. The zero-order chi connectivity index (χ0) is 14.0. The first-order valence-corrected chi connectivity index (χ1v) is 6.40. The predicted molar refractivity (Wildman–Crippen MR) is 68.9 cm³/mol. The molecule has 0 radical (unpaired) electrons. The van der Waals surface area contributed by atoms with Crippen LogP contribution in [0.15, 0.2) is 6.07 Å². The number of ether oxygens (including phenoxy) is 1. The summed E-state index contributed by atoms with van der Waals surface area (Å²) in [7, 11) is 1.54. The molecule has 104 valence electrons. The molecule has 0 saturated heterocycles. The molecule has 0 aromatic heterocycles. The van der Waals surface area contributed by atoms with Gasteiger partial charge in [0.25, 0.3) is 0 Å². The summed E-state index contributed by atoms with van der Waals surface area (Å²) in [6, 6.07) is 0.489. The van der Waals surface area contributed by atoms with Gasteiger partial charge in [0.15, 0.2) is 0 Å². The molecule has 5 heteroatoms. The number of hydrogen-bond donors (Lipinski definition) is 2. The molecule has 1 aromatic carbocycles. The molecular weight excluding hydrogens is 249 g/mol. The fourth-order valence-corrected chi connectivity index (χ4v) is 2.58. The summed E-state index contributed by atoms with van der Waals surface area (Å²) >= 11 is 0. The number of aliphatic carboxylic acids is 1. The van der Waals surface area contributed by atoms with E-state index in [1.807, 2.05) is 0 Å². The molecule has 0 fully saturated rings. The summed E-state index contributed by atoms with van der Waals surface area (Å²) in [6.07, 6.45) is 3.43. The lowest BCUT2D eigenvalue weighted by Gasteiger charge is -2.22. The van der Waals surface area contributed by atoms with Gasteiger partial charge < -0.3 is 15.6 Å². The Labute approximate surface area is 111 Å². The number of carboxylic acid groups (broad SMARTS) is 1. The molecule has 0 aliphatic heterocycles. The van der Waals surface area contributed by atoms with Crippen molar-refractivity contribution in [2.45, 2.75) is 38.1 Å². The second-order valence-corrected chi connectivity index (χ2v) is 4.87. The molecule has 1 atom stereocenters. The molecule has 0 amide bonds. The van der Waals surface area contributed by atoms with Crippen molar-refractivity contribution in [1.29, 1.82) is 0 Å². The molecular formula is C14H18FNO3. The average molecular weight is 267 g/mol. The lowest BCUT2D eigenvalue weighted by molar-refractivity contribution is -0.138. The molecule has 1 aliphatic rings. The standard InChI is InChI=1S/C14H18FNO3/c1-19-12-7-8(6-11(16)14(17)18)13(15)10-5-3-2-4-9(10)12/h7,11H,2-6,16H2,1H3,(H,17,18). The van der Waals surface area contributed by atoms with Gasteiger partial charge in [-0.05, 0) is 42.9 Å². The third kappa shape index (κ3) is 2.71. The van der Waals surface area contributed by atoms with Crippen molar-refractivity contribution >= 4 is 5.97 Å². The minimum atomic E-state index is -1.13. The van der Waals surface area contributed by atoms with E-state index in [0.29, 0.717) is 23.3 Å². The molecule has 1 unspecified atom stereocenters. The maximum atomic E-state index is 14.4. The number of hydrogen-bond acceptors (Lipinski definition) is 3. The van der Waals surface area contributed by atoms with E-state index in [1.165, 1.54) is 0 Å². The van der Waals surface area contributed by atoms with Gasteiger partial charge in [0.05, 0.1) is 7.11 Å². The molecule has 0 saturated carbocycles. The van der Waals surface area contributed by atoms with Crippen LogP contribution in [-0.4, -0.2) is 24.2 Å². The normalized spacial score (nSPS) is 15.7. The van der Waals surface area contributed by atoms with E-state index in [0.717, 1.165) is 24.8 Å². The Morgan fingerprint density at radius 2 is 2.11 bits per heavy atom. The van der Waals surface area contributed by atoms with Crippen LogP contribution in [0.25, 0.3) is 0 Å². The topological polar surface area (TPSA) is 72.5 Å². The van der Waals surface area contributed by atoms with Gasteiger partial charge >= 0.3 is 5.97 Å². The van der Waals surface area contributed by atoms with Crippen molar-refractivity contribution in [3.63, 3.8) is 0 Å². The number of methoxy groups -OCH3 is 1. The molecule has 0 heterocycles. The Morgan fingerprint density at radius 3 is 2.68 bits per heavy atom. The monoisotopic (exact) mass is 267 g/mol. The van der Waals surface area contributed by atoms with Crippen LogP contribution in [0, 0.1) is 5.82 Å². The second kappa shape index (κ2) is 5.57. The van der Waals surface area contributed by atoms with E-state index < -0.39 is 12.0 Å². The number of rotatable bonds is 4. The van der Waals surface area contributed by atoms with Crippen molar-refractivity contribution in [2.24, 2.45) is 5.73 Å². The summed E-state index contributed by atoms with van der Waals surface area (Å²) in [6.45, 7) is 0. The number of carboxylic acids is 1. The first kappa shape index (κ1) is 13.8. The minimum Gasteiger partial charge on any atom is -0.496 e. The van der Waals surface area contributed by atoms with Crippen LogP contribution in [0.1, 0.15) is 29.5 Å². The lowest BCUT2D eigenvalue weighted by atomic mass is 9.87. The number of benzene rings is 1. The van der Waals surface area contributed by atoms with Gasteiger partial charge in [0.1, 0.15) is 17.6 Å². The van der Waals surface area contributed by atoms with Gasteiger partial charge in [-0.15, -0.1) is 0 Å². The quantitative estimate of drug-likeness (QED) is 0.870. The van der Waals surface area contributed by atoms with Gasteiger partial charge in [-0.3, -0.25) is 4.79 Å². The average Bonchev–Trinajstić information content (AvgIpc) is 2.41. The molecule has 2 rings (SSSR count). The molecule has 1 aromatic rings. The largest absolute Gasteiger partial charge is 0.496 e. The highest BCUT2D eigenvalue weighted by Crippen LogP contribution is 2.34. The highest BCUT2D eigenvalue weighted by Gasteiger charge is 2.23. The summed E-state index contributed by atoms with van der Waals surface area (Å²) in [5.41, 5.74) is 7.38. The summed E-state index contributed by atoms with van der Waals surface area (Å²) in [5, 5.41) is 8.82. The van der Waals surface area contributed by atoms with Gasteiger partial charge in [0, 0.05) is 12.0 Å². The molecule has 0 bridgehead atoms. The third-order valence-corrected chi connectivity index (χ3v) is 3.59. The van der Waals surface area contributed by atoms with Crippen LogP contribution in [0.3, 0.4) is 0 Å². The zero-order valence-electron chi connectivity index (χ0n) is 10.9. The van der Waals surface area contributed by atoms with Crippen LogP contribution < -0.4 is 10.5 Å². The maximum absolute atomic E-state index is 14.4. The van der Waals surface area contributed by atoms with E-state index in [-0.39, 0.29) is 12.2 Å². The first-order chi connectivity index (χ1) is 9.04. The van der Waals surface area contributed by atoms with Crippen LogP contribution in [0.4, 0.5) is 4.39 Å². The predicted octanol–water partition coefficient (Wildman–Crippen LogP) is 1.67. The smallest absolute Gasteiger partial charge is 0.320 e. The summed E-state index contributed by atoms with van der Waals surface area (Å²) < 4.78 is 19.7. The van der Waals surface area contributed by atoms with Crippen molar-refractivity contribution < 1.29 is 19.0 Å².